The van der Waals surface area contributed by atoms with Gasteiger partial charge in [-0.15, -0.1) is 0 Å². The van der Waals surface area contributed by atoms with Crippen LogP contribution in [0.4, 0.5) is 0 Å². The molecule has 0 aliphatic carbocycles. The second-order valence-corrected chi connectivity index (χ2v) is 9.03. The molecule has 0 unspecified atom stereocenters. The maximum atomic E-state index is 13.4. The highest BCUT2D eigenvalue weighted by Crippen LogP contribution is 2.32. The number of rotatable bonds is 5. The highest BCUT2D eigenvalue weighted by Gasteiger charge is 2.27. The molecule has 1 aromatic heterocycles. The van der Waals surface area contributed by atoms with E-state index in [9.17, 15) is 14.7 Å². The van der Waals surface area contributed by atoms with Gasteiger partial charge in [-0.25, -0.2) is 0 Å². The van der Waals surface area contributed by atoms with E-state index in [0.29, 0.717) is 25.1 Å². The lowest BCUT2D eigenvalue weighted by molar-refractivity contribution is -0.137. The van der Waals surface area contributed by atoms with Crippen LogP contribution in [0.25, 0.3) is 22.0 Å². The molecule has 1 amide bonds. The summed E-state index contributed by atoms with van der Waals surface area (Å²) in [5, 5.41) is 10.5. The lowest BCUT2D eigenvalue weighted by Crippen LogP contribution is -2.36. The average molecular weight is 453 g/mol. The zero-order valence-electron chi connectivity index (χ0n) is 19.5. The van der Waals surface area contributed by atoms with Gasteiger partial charge in [-0.2, -0.15) is 0 Å². The number of aryl methyl sites for hydroxylation is 2. The Morgan fingerprint density at radius 3 is 2.26 bits per heavy atom. The predicted molar refractivity (Wildman–Crippen MR) is 134 cm³/mol. The zero-order chi connectivity index (χ0) is 23.8. The van der Waals surface area contributed by atoms with E-state index >= 15 is 0 Å². The maximum absolute atomic E-state index is 13.4. The van der Waals surface area contributed by atoms with Crippen LogP contribution in [0.2, 0.25) is 0 Å². The standard InChI is InChI=1S/C29H28N2O3/c1-3-20-5-7-21(8-6-20)22-9-11-23(12-10-22)29(34)30-15-14-27-25(17-30)24-16-19(2)4-13-26(24)31(27)18-28(32)33/h4-13,16H,3,14-15,17-18H2,1-2H3,(H,32,33). The fourth-order valence-electron chi connectivity index (χ4n) is 4.97. The third kappa shape index (κ3) is 3.98. The number of carboxylic acids is 1. The number of hydrogen-bond acceptors (Lipinski definition) is 2. The molecule has 2 heterocycles. The van der Waals surface area contributed by atoms with Crippen molar-refractivity contribution in [1.29, 1.82) is 0 Å². The third-order valence-corrected chi connectivity index (χ3v) is 6.82. The maximum Gasteiger partial charge on any atom is 0.323 e. The number of fused-ring (bicyclic) bond motifs is 3. The van der Waals surface area contributed by atoms with Gasteiger partial charge in [0.25, 0.3) is 5.91 Å². The van der Waals surface area contributed by atoms with Crippen molar-refractivity contribution in [1.82, 2.24) is 9.47 Å². The highest BCUT2D eigenvalue weighted by atomic mass is 16.4. The van der Waals surface area contributed by atoms with Crippen LogP contribution in [-0.4, -0.2) is 33.0 Å². The minimum absolute atomic E-state index is 0.00492. The molecule has 4 aromatic rings. The quantitative estimate of drug-likeness (QED) is 0.437. The van der Waals surface area contributed by atoms with E-state index in [0.717, 1.165) is 45.3 Å². The van der Waals surface area contributed by atoms with Gasteiger partial charge in [0, 0.05) is 47.2 Å². The van der Waals surface area contributed by atoms with E-state index in [-0.39, 0.29) is 12.5 Å². The van der Waals surface area contributed by atoms with Crippen molar-refractivity contribution in [3.05, 3.63) is 94.7 Å². The van der Waals surface area contributed by atoms with Crippen molar-refractivity contribution < 1.29 is 14.7 Å². The number of benzene rings is 3. The molecule has 34 heavy (non-hydrogen) atoms. The van der Waals surface area contributed by atoms with Gasteiger partial charge in [0.05, 0.1) is 0 Å². The summed E-state index contributed by atoms with van der Waals surface area (Å²) in [5.74, 6) is -0.853. The summed E-state index contributed by atoms with van der Waals surface area (Å²) in [5.41, 5.74) is 8.33. The number of amides is 1. The predicted octanol–water partition coefficient (Wildman–Crippen LogP) is 5.46. The molecule has 0 spiro atoms. The van der Waals surface area contributed by atoms with Crippen LogP contribution in [-0.2, 0) is 30.7 Å². The lowest BCUT2D eigenvalue weighted by Gasteiger charge is -2.28. The molecule has 3 aromatic carbocycles. The molecule has 5 rings (SSSR count). The Morgan fingerprint density at radius 2 is 1.62 bits per heavy atom. The second-order valence-electron chi connectivity index (χ2n) is 9.03. The van der Waals surface area contributed by atoms with Crippen LogP contribution >= 0.6 is 0 Å². The Kier molecular flexibility index (Phi) is 5.70. The van der Waals surface area contributed by atoms with Crippen molar-refractivity contribution in [2.24, 2.45) is 0 Å². The Balaban J connectivity index is 1.41. The van der Waals surface area contributed by atoms with E-state index < -0.39 is 5.97 Å². The largest absolute Gasteiger partial charge is 0.480 e. The lowest BCUT2D eigenvalue weighted by atomic mass is 10.00. The Labute approximate surface area is 199 Å². The van der Waals surface area contributed by atoms with Crippen LogP contribution < -0.4 is 0 Å². The molecular weight excluding hydrogens is 424 g/mol. The summed E-state index contributed by atoms with van der Waals surface area (Å²) in [7, 11) is 0. The van der Waals surface area contributed by atoms with Gasteiger partial charge in [-0.1, -0.05) is 55.0 Å². The minimum Gasteiger partial charge on any atom is -0.480 e. The molecule has 0 saturated heterocycles. The SMILES string of the molecule is CCc1ccc(-c2ccc(C(=O)N3CCc4c(c5cc(C)ccc5n4CC(=O)O)C3)cc2)cc1. The van der Waals surface area contributed by atoms with Gasteiger partial charge in [0.2, 0.25) is 0 Å². The highest BCUT2D eigenvalue weighted by molar-refractivity contribution is 5.96. The molecule has 1 N–H and O–H groups in total. The summed E-state index contributed by atoms with van der Waals surface area (Å²) in [6, 6.07) is 22.4. The minimum atomic E-state index is -0.858. The molecule has 1 aliphatic heterocycles. The smallest absolute Gasteiger partial charge is 0.323 e. The molecule has 172 valence electrons. The van der Waals surface area contributed by atoms with E-state index in [1.807, 2.05) is 52.8 Å². The second kappa shape index (κ2) is 8.82. The summed E-state index contributed by atoms with van der Waals surface area (Å²) in [6.45, 7) is 5.17. The van der Waals surface area contributed by atoms with E-state index in [4.69, 9.17) is 0 Å². The zero-order valence-corrected chi connectivity index (χ0v) is 19.5. The van der Waals surface area contributed by atoms with Crippen molar-refractivity contribution in [2.75, 3.05) is 6.54 Å². The normalized spacial score (nSPS) is 13.2. The van der Waals surface area contributed by atoms with E-state index in [2.05, 4.69) is 37.3 Å². The van der Waals surface area contributed by atoms with E-state index in [1.165, 1.54) is 5.56 Å². The Bertz CT molecular complexity index is 1380. The van der Waals surface area contributed by atoms with Crippen LogP contribution in [0.5, 0.6) is 0 Å². The number of carbonyl (C=O) groups excluding carboxylic acids is 1. The molecule has 0 fully saturated rings. The number of aliphatic carboxylic acids is 1. The number of hydrogen-bond donors (Lipinski definition) is 1. The Hall–Kier alpha value is -3.86. The topological polar surface area (TPSA) is 62.5 Å². The number of carboxylic acid groups (broad SMARTS) is 1. The van der Waals surface area contributed by atoms with Crippen molar-refractivity contribution in [3.8, 4) is 11.1 Å². The molecule has 0 saturated carbocycles. The van der Waals surface area contributed by atoms with E-state index in [1.54, 1.807) is 0 Å². The number of carbonyl (C=O) groups is 2. The molecule has 5 nitrogen and oxygen atoms in total. The van der Waals surface area contributed by atoms with Gasteiger partial charge < -0.3 is 14.6 Å². The fraction of sp³-hybridized carbons (Fsp3) is 0.241. The van der Waals surface area contributed by atoms with Gasteiger partial charge in [-0.05, 0) is 54.3 Å². The molecule has 0 radical (unpaired) electrons. The summed E-state index contributed by atoms with van der Waals surface area (Å²) >= 11 is 0. The van der Waals surface area contributed by atoms with Gasteiger partial charge in [0.1, 0.15) is 6.54 Å². The van der Waals surface area contributed by atoms with Crippen molar-refractivity contribution in [3.63, 3.8) is 0 Å². The third-order valence-electron chi connectivity index (χ3n) is 6.82. The van der Waals surface area contributed by atoms with Crippen LogP contribution in [0.1, 0.15) is 39.7 Å². The van der Waals surface area contributed by atoms with Crippen LogP contribution in [0.3, 0.4) is 0 Å². The fourth-order valence-corrected chi connectivity index (χ4v) is 4.97. The monoisotopic (exact) mass is 452 g/mol. The number of nitrogens with zero attached hydrogens (tertiary/aromatic N) is 2. The molecular formula is C29H28N2O3. The van der Waals surface area contributed by atoms with Gasteiger partial charge in [-0.3, -0.25) is 9.59 Å². The Morgan fingerprint density at radius 1 is 0.941 bits per heavy atom. The number of aromatic nitrogens is 1. The van der Waals surface area contributed by atoms with Crippen molar-refractivity contribution in [2.45, 2.75) is 39.8 Å². The van der Waals surface area contributed by atoms with Gasteiger partial charge in [0.15, 0.2) is 0 Å². The van der Waals surface area contributed by atoms with Crippen LogP contribution in [0.15, 0.2) is 66.7 Å². The first-order valence-electron chi connectivity index (χ1n) is 11.8. The van der Waals surface area contributed by atoms with Crippen molar-refractivity contribution >= 4 is 22.8 Å². The van der Waals surface area contributed by atoms with Crippen LogP contribution in [0, 0.1) is 6.92 Å². The summed E-state index contributed by atoms with van der Waals surface area (Å²) in [4.78, 5) is 26.7. The molecule has 0 atom stereocenters. The first-order chi connectivity index (χ1) is 16.4. The molecule has 5 heteroatoms. The average Bonchev–Trinajstić information content (AvgIpc) is 3.15. The molecule has 1 aliphatic rings. The van der Waals surface area contributed by atoms with Gasteiger partial charge >= 0.3 is 5.97 Å². The first kappa shape index (κ1) is 22.0. The molecule has 0 bridgehead atoms. The summed E-state index contributed by atoms with van der Waals surface area (Å²) < 4.78 is 1.90. The first-order valence-corrected chi connectivity index (χ1v) is 11.8. The summed E-state index contributed by atoms with van der Waals surface area (Å²) in [6.07, 6.45) is 1.66.